The summed E-state index contributed by atoms with van der Waals surface area (Å²) in [6.45, 7) is 2.51. The highest BCUT2D eigenvalue weighted by atomic mass is 16.5. The van der Waals surface area contributed by atoms with Crippen molar-refractivity contribution in [2.24, 2.45) is 11.8 Å². The number of benzene rings is 2. The molecular formula is C21H24O3. The lowest BCUT2D eigenvalue weighted by Crippen LogP contribution is -2.22. The minimum absolute atomic E-state index is 0.133. The summed E-state index contributed by atoms with van der Waals surface area (Å²) in [4.78, 5) is 12.0. The molecule has 0 radical (unpaired) electrons. The molecule has 0 aliphatic heterocycles. The predicted molar refractivity (Wildman–Crippen MR) is 93.9 cm³/mol. The lowest BCUT2D eigenvalue weighted by Gasteiger charge is -2.23. The first-order valence-electron chi connectivity index (χ1n) is 8.53. The minimum atomic E-state index is -0.137. The summed E-state index contributed by atoms with van der Waals surface area (Å²) in [6, 6.07) is 18.3. The van der Waals surface area contributed by atoms with Crippen molar-refractivity contribution in [3.8, 4) is 5.75 Å². The van der Waals surface area contributed by atoms with Gasteiger partial charge in [-0.05, 0) is 47.9 Å². The smallest absolute Gasteiger partial charge is 0.309 e. The molecule has 0 spiro atoms. The van der Waals surface area contributed by atoms with Crippen molar-refractivity contribution in [2.75, 3.05) is 7.11 Å². The summed E-state index contributed by atoms with van der Waals surface area (Å²) >= 11 is 0. The van der Waals surface area contributed by atoms with E-state index in [1.165, 1.54) is 25.5 Å². The van der Waals surface area contributed by atoms with Gasteiger partial charge in [0.1, 0.15) is 12.4 Å². The Morgan fingerprint density at radius 2 is 1.88 bits per heavy atom. The Morgan fingerprint density at radius 1 is 1.12 bits per heavy atom. The maximum Gasteiger partial charge on any atom is 0.309 e. The van der Waals surface area contributed by atoms with Crippen molar-refractivity contribution >= 4 is 5.97 Å². The molecule has 2 atom stereocenters. The van der Waals surface area contributed by atoms with Crippen molar-refractivity contribution in [1.82, 2.24) is 0 Å². The fraction of sp³-hybridized carbons (Fsp3) is 0.381. The van der Waals surface area contributed by atoms with Crippen molar-refractivity contribution in [3.05, 3.63) is 65.7 Å². The van der Waals surface area contributed by atoms with Gasteiger partial charge in [-0.1, -0.05) is 49.4 Å². The van der Waals surface area contributed by atoms with Crippen LogP contribution in [0.3, 0.4) is 0 Å². The molecule has 0 heterocycles. The molecule has 0 amide bonds. The zero-order valence-corrected chi connectivity index (χ0v) is 14.3. The van der Waals surface area contributed by atoms with E-state index in [4.69, 9.17) is 9.47 Å². The summed E-state index contributed by atoms with van der Waals surface area (Å²) in [5.74, 6) is 1.36. The van der Waals surface area contributed by atoms with E-state index in [2.05, 4.69) is 24.3 Å². The van der Waals surface area contributed by atoms with Crippen molar-refractivity contribution < 1.29 is 14.3 Å². The molecule has 0 bridgehead atoms. The molecule has 0 saturated heterocycles. The molecule has 24 heavy (non-hydrogen) atoms. The zero-order chi connectivity index (χ0) is 16.9. The SMILES string of the molecule is COC(=O)[C@@H](C)[C@@H](c1cccc(OCc2ccccc2)c1)C1CC1. The summed E-state index contributed by atoms with van der Waals surface area (Å²) in [5, 5.41) is 0. The van der Waals surface area contributed by atoms with Crippen LogP contribution in [0.25, 0.3) is 0 Å². The van der Waals surface area contributed by atoms with Gasteiger partial charge in [-0.15, -0.1) is 0 Å². The Labute approximate surface area is 143 Å². The van der Waals surface area contributed by atoms with E-state index < -0.39 is 0 Å². The molecule has 2 aromatic carbocycles. The van der Waals surface area contributed by atoms with Crippen LogP contribution >= 0.6 is 0 Å². The minimum Gasteiger partial charge on any atom is -0.489 e. The van der Waals surface area contributed by atoms with Crippen LogP contribution in [-0.4, -0.2) is 13.1 Å². The highest BCUT2D eigenvalue weighted by molar-refractivity contribution is 5.73. The maximum atomic E-state index is 12.0. The van der Waals surface area contributed by atoms with Gasteiger partial charge >= 0.3 is 5.97 Å². The van der Waals surface area contributed by atoms with E-state index in [0.29, 0.717) is 12.5 Å². The highest BCUT2D eigenvalue weighted by Crippen LogP contribution is 2.47. The van der Waals surface area contributed by atoms with Gasteiger partial charge in [-0.2, -0.15) is 0 Å². The first-order chi connectivity index (χ1) is 11.7. The van der Waals surface area contributed by atoms with Crippen LogP contribution in [0.4, 0.5) is 0 Å². The Balaban J connectivity index is 1.74. The number of methoxy groups -OCH3 is 1. The number of esters is 1. The molecule has 1 saturated carbocycles. The zero-order valence-electron chi connectivity index (χ0n) is 14.3. The monoisotopic (exact) mass is 324 g/mol. The van der Waals surface area contributed by atoms with E-state index in [1.54, 1.807) is 0 Å². The van der Waals surface area contributed by atoms with Gasteiger partial charge in [0, 0.05) is 0 Å². The molecule has 3 heteroatoms. The van der Waals surface area contributed by atoms with Crippen molar-refractivity contribution in [1.29, 1.82) is 0 Å². The largest absolute Gasteiger partial charge is 0.489 e. The molecule has 3 rings (SSSR count). The molecule has 0 N–H and O–H groups in total. The number of carbonyl (C=O) groups excluding carboxylic acids is 1. The van der Waals surface area contributed by atoms with E-state index in [9.17, 15) is 4.79 Å². The third kappa shape index (κ3) is 3.97. The van der Waals surface area contributed by atoms with Crippen LogP contribution in [0.15, 0.2) is 54.6 Å². The first kappa shape index (κ1) is 16.6. The predicted octanol–water partition coefficient (Wildman–Crippen LogP) is 4.57. The third-order valence-electron chi connectivity index (χ3n) is 4.73. The topological polar surface area (TPSA) is 35.5 Å². The molecular weight excluding hydrogens is 300 g/mol. The Hall–Kier alpha value is -2.29. The average Bonchev–Trinajstić information content (AvgIpc) is 3.45. The van der Waals surface area contributed by atoms with Gasteiger partial charge in [-0.3, -0.25) is 4.79 Å². The highest BCUT2D eigenvalue weighted by Gasteiger charge is 2.39. The molecule has 1 aliphatic rings. The molecule has 0 aromatic heterocycles. The molecule has 126 valence electrons. The quantitative estimate of drug-likeness (QED) is 0.700. The number of hydrogen-bond acceptors (Lipinski definition) is 3. The van der Waals surface area contributed by atoms with Crippen molar-refractivity contribution in [2.45, 2.75) is 32.3 Å². The van der Waals surface area contributed by atoms with E-state index in [1.807, 2.05) is 37.3 Å². The van der Waals surface area contributed by atoms with Crippen LogP contribution in [0.2, 0.25) is 0 Å². The second kappa shape index (κ2) is 7.52. The number of rotatable bonds is 7. The van der Waals surface area contributed by atoms with Gasteiger partial charge in [0.2, 0.25) is 0 Å². The standard InChI is InChI=1S/C21H24O3/c1-15(21(22)23-2)20(17-11-12-17)18-9-6-10-19(13-18)24-14-16-7-4-3-5-8-16/h3-10,13,15,17,20H,11-12,14H2,1-2H3/t15-,20+/m0/s1. The van der Waals surface area contributed by atoms with Crippen molar-refractivity contribution in [3.63, 3.8) is 0 Å². The van der Waals surface area contributed by atoms with E-state index in [-0.39, 0.29) is 17.8 Å². The summed E-state index contributed by atoms with van der Waals surface area (Å²) in [5.41, 5.74) is 2.31. The number of ether oxygens (including phenoxy) is 2. The van der Waals surface area contributed by atoms with Crippen LogP contribution in [0.5, 0.6) is 5.75 Å². The fourth-order valence-corrected chi connectivity index (χ4v) is 3.31. The Morgan fingerprint density at radius 3 is 2.54 bits per heavy atom. The van der Waals surface area contributed by atoms with Gasteiger partial charge in [-0.25, -0.2) is 0 Å². The molecule has 2 aromatic rings. The molecule has 0 unspecified atom stereocenters. The average molecular weight is 324 g/mol. The van der Waals surface area contributed by atoms with Crippen LogP contribution < -0.4 is 4.74 Å². The molecule has 3 nitrogen and oxygen atoms in total. The second-order valence-electron chi connectivity index (χ2n) is 6.52. The Bertz CT molecular complexity index is 676. The number of carbonyl (C=O) groups is 1. The normalized spacial score (nSPS) is 16.2. The lowest BCUT2D eigenvalue weighted by molar-refractivity contribution is -0.145. The van der Waals surface area contributed by atoms with Gasteiger partial charge in [0.05, 0.1) is 13.0 Å². The van der Waals surface area contributed by atoms with E-state index >= 15 is 0 Å². The fourth-order valence-electron chi connectivity index (χ4n) is 3.31. The summed E-state index contributed by atoms with van der Waals surface area (Å²) in [6.07, 6.45) is 2.36. The third-order valence-corrected chi connectivity index (χ3v) is 4.73. The second-order valence-corrected chi connectivity index (χ2v) is 6.52. The molecule has 1 fully saturated rings. The van der Waals surface area contributed by atoms with Gasteiger partial charge in [0.15, 0.2) is 0 Å². The van der Waals surface area contributed by atoms with Gasteiger partial charge in [0.25, 0.3) is 0 Å². The van der Waals surface area contributed by atoms with Crippen LogP contribution in [-0.2, 0) is 16.1 Å². The lowest BCUT2D eigenvalue weighted by atomic mass is 9.83. The first-order valence-corrected chi connectivity index (χ1v) is 8.53. The van der Waals surface area contributed by atoms with E-state index in [0.717, 1.165) is 11.3 Å². The molecule has 1 aliphatic carbocycles. The van der Waals surface area contributed by atoms with Gasteiger partial charge < -0.3 is 9.47 Å². The van der Waals surface area contributed by atoms with Crippen LogP contribution in [0.1, 0.15) is 36.8 Å². The summed E-state index contributed by atoms with van der Waals surface area (Å²) < 4.78 is 10.9. The summed E-state index contributed by atoms with van der Waals surface area (Å²) in [7, 11) is 1.46. The van der Waals surface area contributed by atoms with Crippen LogP contribution in [0, 0.1) is 11.8 Å². The number of hydrogen-bond donors (Lipinski definition) is 0. The maximum absolute atomic E-state index is 12.0. The Kier molecular flexibility index (Phi) is 5.19.